The number of ether oxygens (including phenoxy) is 1. The highest BCUT2D eigenvalue weighted by Gasteiger charge is 2.38. The molecule has 0 radical (unpaired) electrons. The van der Waals surface area contributed by atoms with Crippen molar-refractivity contribution in [2.75, 3.05) is 13.1 Å². The number of likely N-dealkylation sites (tertiary alicyclic amines) is 1. The topological polar surface area (TPSA) is 42.7 Å². The van der Waals surface area contributed by atoms with Gasteiger partial charge in [-0.3, -0.25) is 9.30 Å². The SMILES string of the molecule is Fc1ccc(COC2CCN(Cc3ccn4c(CC5CC5)nnc4c3C(F)(F)F)CC2)c(F)c1. The third-order valence-corrected chi connectivity index (χ3v) is 6.61. The molecule has 5 rings (SSSR count). The second-order valence-electron chi connectivity index (χ2n) is 9.19. The van der Waals surface area contributed by atoms with Crippen molar-refractivity contribution in [1.29, 1.82) is 0 Å². The zero-order valence-electron chi connectivity index (χ0n) is 18.5. The zero-order valence-corrected chi connectivity index (χ0v) is 18.5. The lowest BCUT2D eigenvalue weighted by Crippen LogP contribution is -2.37. The number of fused-ring (bicyclic) bond motifs is 1. The maximum Gasteiger partial charge on any atom is 0.420 e. The molecule has 1 saturated heterocycles. The zero-order chi connectivity index (χ0) is 23.9. The van der Waals surface area contributed by atoms with Crippen LogP contribution in [0.5, 0.6) is 0 Å². The lowest BCUT2D eigenvalue weighted by molar-refractivity contribution is -0.137. The summed E-state index contributed by atoms with van der Waals surface area (Å²) in [6, 6.07) is 4.88. The van der Waals surface area contributed by atoms with E-state index in [0.29, 0.717) is 44.1 Å². The van der Waals surface area contributed by atoms with E-state index in [1.807, 2.05) is 4.90 Å². The number of alkyl halides is 3. The molecule has 5 nitrogen and oxygen atoms in total. The largest absolute Gasteiger partial charge is 0.420 e. The Bertz CT molecular complexity index is 1170. The predicted octanol–water partition coefficient (Wildman–Crippen LogP) is 5.16. The van der Waals surface area contributed by atoms with Crippen LogP contribution in [0.3, 0.4) is 0 Å². The third kappa shape index (κ3) is 5.07. The van der Waals surface area contributed by atoms with Crippen molar-refractivity contribution in [2.24, 2.45) is 5.92 Å². The van der Waals surface area contributed by atoms with Crippen LogP contribution in [0, 0.1) is 17.6 Å². The van der Waals surface area contributed by atoms with E-state index < -0.39 is 23.4 Å². The summed E-state index contributed by atoms with van der Waals surface area (Å²) in [7, 11) is 0. The normalized spacial score (nSPS) is 18.1. The quantitative estimate of drug-likeness (QED) is 0.438. The lowest BCUT2D eigenvalue weighted by atomic mass is 10.0. The summed E-state index contributed by atoms with van der Waals surface area (Å²) in [5.41, 5.74) is -0.408. The second kappa shape index (κ2) is 9.22. The Morgan fingerprint density at radius 2 is 1.74 bits per heavy atom. The maximum atomic E-state index is 14.0. The number of rotatable bonds is 7. The molecule has 2 aliphatic rings. The van der Waals surface area contributed by atoms with Crippen molar-refractivity contribution in [3.05, 3.63) is 64.6 Å². The van der Waals surface area contributed by atoms with Gasteiger partial charge in [-0.2, -0.15) is 13.2 Å². The van der Waals surface area contributed by atoms with Gasteiger partial charge in [0.2, 0.25) is 0 Å². The summed E-state index contributed by atoms with van der Waals surface area (Å²) in [5, 5.41) is 7.94. The molecule has 1 aliphatic heterocycles. The Hall–Kier alpha value is -2.59. The lowest BCUT2D eigenvalue weighted by Gasteiger charge is -2.32. The molecule has 1 aromatic carbocycles. The molecule has 0 bridgehead atoms. The van der Waals surface area contributed by atoms with E-state index >= 15 is 0 Å². The highest BCUT2D eigenvalue weighted by atomic mass is 19.4. The number of hydrogen-bond acceptors (Lipinski definition) is 4. The molecule has 3 aromatic rings. The molecule has 3 heterocycles. The summed E-state index contributed by atoms with van der Waals surface area (Å²) >= 11 is 0. The van der Waals surface area contributed by atoms with Crippen LogP contribution < -0.4 is 0 Å². The van der Waals surface area contributed by atoms with E-state index in [1.165, 1.54) is 22.6 Å². The molecule has 34 heavy (non-hydrogen) atoms. The molecular weight excluding hydrogens is 455 g/mol. The van der Waals surface area contributed by atoms with Gasteiger partial charge in [0.25, 0.3) is 0 Å². The van der Waals surface area contributed by atoms with Crippen LogP contribution in [-0.2, 0) is 30.5 Å². The Kier molecular flexibility index (Phi) is 6.28. The fraction of sp³-hybridized carbons (Fsp3) is 0.500. The third-order valence-electron chi connectivity index (χ3n) is 6.61. The monoisotopic (exact) mass is 480 g/mol. The number of aromatic nitrogens is 3. The first-order valence-corrected chi connectivity index (χ1v) is 11.5. The van der Waals surface area contributed by atoms with E-state index in [-0.39, 0.29) is 36.0 Å². The van der Waals surface area contributed by atoms with Gasteiger partial charge in [-0.25, -0.2) is 8.78 Å². The summed E-state index contributed by atoms with van der Waals surface area (Å²) in [4.78, 5) is 1.96. The van der Waals surface area contributed by atoms with Crippen LogP contribution in [0.25, 0.3) is 5.65 Å². The van der Waals surface area contributed by atoms with Crippen LogP contribution >= 0.6 is 0 Å². The van der Waals surface area contributed by atoms with Gasteiger partial charge < -0.3 is 4.74 Å². The van der Waals surface area contributed by atoms with Crippen molar-refractivity contribution in [2.45, 2.75) is 57.5 Å². The van der Waals surface area contributed by atoms with Gasteiger partial charge in [0.1, 0.15) is 23.0 Å². The van der Waals surface area contributed by atoms with E-state index in [2.05, 4.69) is 10.2 Å². The maximum absolute atomic E-state index is 14.0. The fourth-order valence-electron chi connectivity index (χ4n) is 4.52. The predicted molar refractivity (Wildman–Crippen MR) is 114 cm³/mol. The molecule has 182 valence electrons. The number of piperidine rings is 1. The molecule has 2 fully saturated rings. The van der Waals surface area contributed by atoms with Gasteiger partial charge in [-0.1, -0.05) is 6.07 Å². The van der Waals surface area contributed by atoms with Crippen LogP contribution in [0.15, 0.2) is 30.5 Å². The van der Waals surface area contributed by atoms with Crippen LogP contribution in [-0.4, -0.2) is 38.7 Å². The average Bonchev–Trinajstić information content (AvgIpc) is 3.52. The fourth-order valence-corrected chi connectivity index (χ4v) is 4.52. The van der Waals surface area contributed by atoms with Crippen molar-refractivity contribution in [3.63, 3.8) is 0 Å². The van der Waals surface area contributed by atoms with Gasteiger partial charge in [0.15, 0.2) is 5.65 Å². The van der Waals surface area contributed by atoms with Gasteiger partial charge >= 0.3 is 6.18 Å². The Morgan fingerprint density at radius 1 is 0.971 bits per heavy atom. The van der Waals surface area contributed by atoms with Gasteiger partial charge in [-0.15, -0.1) is 10.2 Å². The van der Waals surface area contributed by atoms with Crippen LogP contribution in [0.4, 0.5) is 22.0 Å². The van der Waals surface area contributed by atoms with E-state index in [9.17, 15) is 22.0 Å². The first-order chi connectivity index (χ1) is 16.3. The minimum atomic E-state index is -4.54. The first-order valence-electron chi connectivity index (χ1n) is 11.5. The average molecular weight is 480 g/mol. The Labute approximate surface area is 193 Å². The first kappa shape index (κ1) is 23.2. The number of hydrogen-bond donors (Lipinski definition) is 0. The smallest absolute Gasteiger partial charge is 0.373 e. The number of benzene rings is 1. The molecule has 0 unspecified atom stereocenters. The highest BCUT2D eigenvalue weighted by molar-refractivity contribution is 5.53. The van der Waals surface area contributed by atoms with Gasteiger partial charge in [0.05, 0.1) is 12.7 Å². The second-order valence-corrected chi connectivity index (χ2v) is 9.19. The molecule has 1 saturated carbocycles. The van der Waals surface area contributed by atoms with E-state index in [4.69, 9.17) is 4.74 Å². The Morgan fingerprint density at radius 3 is 2.41 bits per heavy atom. The van der Waals surface area contributed by atoms with Crippen molar-refractivity contribution >= 4 is 5.65 Å². The van der Waals surface area contributed by atoms with Gasteiger partial charge in [-0.05, 0) is 49.3 Å². The van der Waals surface area contributed by atoms with Crippen LogP contribution in [0.2, 0.25) is 0 Å². The van der Waals surface area contributed by atoms with E-state index in [1.54, 1.807) is 6.20 Å². The number of halogens is 5. The molecule has 1 aliphatic carbocycles. The Balaban J connectivity index is 1.24. The van der Waals surface area contributed by atoms with Crippen LogP contribution in [0.1, 0.15) is 48.2 Å². The van der Waals surface area contributed by atoms with E-state index in [0.717, 1.165) is 18.9 Å². The van der Waals surface area contributed by atoms with Crippen molar-refractivity contribution < 1.29 is 26.7 Å². The summed E-state index contributed by atoms with van der Waals surface area (Å²) in [6.07, 6.45) is 1.01. The summed E-state index contributed by atoms with van der Waals surface area (Å²) < 4.78 is 76.1. The minimum Gasteiger partial charge on any atom is -0.373 e. The summed E-state index contributed by atoms with van der Waals surface area (Å²) in [6.45, 7) is 1.29. The minimum absolute atomic E-state index is 0.0295. The molecule has 0 spiro atoms. The molecule has 0 N–H and O–H groups in total. The number of nitrogens with zero attached hydrogens (tertiary/aromatic N) is 4. The molecular formula is C24H25F5N4O. The standard InChI is InChI=1S/C24H25F5N4O/c25-18-4-3-17(20(26)12-18)14-34-19-6-8-32(9-7-19)13-16-5-10-33-21(11-15-1-2-15)30-31-23(33)22(16)24(27,28)29/h3-5,10,12,15,19H,1-2,6-9,11,13-14H2. The molecule has 0 amide bonds. The summed E-state index contributed by atoms with van der Waals surface area (Å²) in [5.74, 6) is -0.230. The van der Waals surface area contributed by atoms with Gasteiger partial charge in [0, 0.05) is 43.9 Å². The molecule has 2 aromatic heterocycles. The molecule has 10 heteroatoms. The number of pyridine rings is 1. The highest BCUT2D eigenvalue weighted by Crippen LogP contribution is 2.37. The van der Waals surface area contributed by atoms with Crippen molar-refractivity contribution in [1.82, 2.24) is 19.5 Å². The van der Waals surface area contributed by atoms with Crippen molar-refractivity contribution in [3.8, 4) is 0 Å². The molecule has 0 atom stereocenters.